The normalized spacial score (nSPS) is 51.4. The molecule has 0 radical (unpaired) electrons. The molecule has 4 aliphatic rings. The van der Waals surface area contributed by atoms with Crippen LogP contribution in [0.4, 0.5) is 0 Å². The molecule has 0 saturated heterocycles. The van der Waals surface area contributed by atoms with Gasteiger partial charge in [0.2, 0.25) is 0 Å². The fourth-order valence-corrected chi connectivity index (χ4v) is 4.46. The molecule has 0 aromatic heterocycles. The lowest BCUT2D eigenvalue weighted by molar-refractivity contribution is -0.114. The van der Waals surface area contributed by atoms with E-state index in [9.17, 15) is 9.90 Å². The second-order valence-corrected chi connectivity index (χ2v) is 6.67. The second kappa shape index (κ2) is 4.17. The van der Waals surface area contributed by atoms with E-state index < -0.39 is 17.9 Å². The molecule has 1 N–H and O–H groups in total. The van der Waals surface area contributed by atoms with Crippen molar-refractivity contribution in [2.45, 2.75) is 51.5 Å². The van der Waals surface area contributed by atoms with Gasteiger partial charge in [0.15, 0.2) is 5.78 Å². The van der Waals surface area contributed by atoms with Gasteiger partial charge in [0.1, 0.15) is 0 Å². The van der Waals surface area contributed by atoms with Crippen LogP contribution in [0, 0.1) is 17.3 Å². The smallest absolute Gasteiger partial charge is 0.156 e. The maximum Gasteiger partial charge on any atom is 0.156 e. The Balaban J connectivity index is 1.84. The van der Waals surface area contributed by atoms with Crippen molar-refractivity contribution in [3.63, 3.8) is 0 Å². The number of allylic oxidation sites excluding steroid dienone is 5. The Morgan fingerprint density at radius 2 is 2.25 bits per heavy atom. The highest BCUT2D eigenvalue weighted by molar-refractivity contribution is 5.93. The van der Waals surface area contributed by atoms with Crippen LogP contribution < -0.4 is 0 Å². The van der Waals surface area contributed by atoms with E-state index >= 15 is 0 Å². The van der Waals surface area contributed by atoms with Crippen molar-refractivity contribution >= 4 is 5.78 Å². The minimum atomic E-state index is -2.10. The molecule has 0 aromatic rings. The summed E-state index contributed by atoms with van der Waals surface area (Å²) in [5.41, 5.74) is 2.74. The van der Waals surface area contributed by atoms with Crippen LogP contribution in [0.1, 0.15) is 49.5 Å². The van der Waals surface area contributed by atoms with Crippen molar-refractivity contribution < 1.29 is 14.0 Å². The first-order valence-electron chi connectivity index (χ1n) is 9.06. The maximum atomic E-state index is 11.7. The number of hydrogen-bond acceptors (Lipinski definition) is 2. The molecule has 2 heteroatoms. The first-order valence-corrected chi connectivity index (χ1v) is 7.56. The van der Waals surface area contributed by atoms with Crippen molar-refractivity contribution in [2.75, 3.05) is 0 Å². The maximum absolute atomic E-state index is 11.7. The van der Waals surface area contributed by atoms with Gasteiger partial charge in [0.25, 0.3) is 0 Å². The van der Waals surface area contributed by atoms with Crippen LogP contribution in [0.3, 0.4) is 0 Å². The number of fused-ring (bicyclic) bond motifs is 4. The van der Waals surface area contributed by atoms with E-state index in [1.54, 1.807) is 6.08 Å². The molecule has 0 aliphatic heterocycles. The molecule has 4 rings (SSSR count). The quantitative estimate of drug-likeness (QED) is 0.735. The highest BCUT2D eigenvalue weighted by Crippen LogP contribution is 2.57. The molecule has 106 valence electrons. The molecule has 20 heavy (non-hydrogen) atoms. The minimum Gasteiger partial charge on any atom is -0.392 e. The second-order valence-electron chi connectivity index (χ2n) is 6.67. The number of rotatable bonds is 0. The number of aliphatic hydroxyl groups is 1. The molecule has 0 amide bonds. The van der Waals surface area contributed by atoms with E-state index in [1.807, 2.05) is 19.1 Å². The topological polar surface area (TPSA) is 37.3 Å². The molecule has 0 heterocycles. The Bertz CT molecular complexity index is 686. The van der Waals surface area contributed by atoms with Crippen molar-refractivity contribution in [1.82, 2.24) is 0 Å². The van der Waals surface area contributed by atoms with Crippen molar-refractivity contribution in [2.24, 2.45) is 17.3 Å². The molecule has 2 nitrogen and oxygen atoms in total. The number of carbonyl (C=O) groups is 1. The van der Waals surface area contributed by atoms with Crippen LogP contribution in [0.2, 0.25) is 0 Å². The summed E-state index contributed by atoms with van der Waals surface area (Å²) in [5.74, 6) is 0.316. The molecule has 0 bridgehead atoms. The average Bonchev–Trinajstić information content (AvgIpc) is 2.62. The first-order chi connectivity index (χ1) is 10.7. The lowest BCUT2D eigenvalue weighted by Crippen LogP contribution is -2.39. The SMILES string of the molecule is [2H]C1([2H])C[C@H]2[C@@H]3CCC4=CC(=O)CCC4=C3C=C[C@]2(C)[C@]1([2H])O. The lowest BCUT2D eigenvalue weighted by atomic mass is 9.60. The molecule has 4 atom stereocenters. The summed E-state index contributed by atoms with van der Waals surface area (Å²) in [6.07, 6.45) is 4.87. The van der Waals surface area contributed by atoms with E-state index in [-0.39, 0.29) is 24.0 Å². The van der Waals surface area contributed by atoms with Crippen LogP contribution >= 0.6 is 0 Å². The molecule has 1 saturated carbocycles. The summed E-state index contributed by atoms with van der Waals surface area (Å²) in [6.45, 7) is 1.82. The van der Waals surface area contributed by atoms with E-state index in [0.29, 0.717) is 6.42 Å². The van der Waals surface area contributed by atoms with E-state index in [4.69, 9.17) is 4.11 Å². The Morgan fingerprint density at radius 3 is 3.10 bits per heavy atom. The minimum absolute atomic E-state index is 0.0633. The van der Waals surface area contributed by atoms with E-state index in [1.165, 1.54) is 11.1 Å². The molecule has 0 spiro atoms. The summed E-state index contributed by atoms with van der Waals surface area (Å²) in [5, 5.41) is 10.6. The zero-order valence-electron chi connectivity index (χ0n) is 14.8. The summed E-state index contributed by atoms with van der Waals surface area (Å²) < 4.78 is 24.6. The van der Waals surface area contributed by atoms with Gasteiger partial charge in [-0.15, -0.1) is 0 Å². The number of carbonyl (C=O) groups excluding carboxylic acids is 1. The highest BCUT2D eigenvalue weighted by Gasteiger charge is 2.51. The largest absolute Gasteiger partial charge is 0.392 e. The monoisotopic (exact) mass is 273 g/mol. The Morgan fingerprint density at radius 1 is 1.40 bits per heavy atom. The fraction of sp³-hybridized carbons (Fsp3) is 0.611. The summed E-state index contributed by atoms with van der Waals surface area (Å²) in [6, 6.07) is 0. The van der Waals surface area contributed by atoms with Crippen LogP contribution in [-0.2, 0) is 4.79 Å². The average molecular weight is 273 g/mol. The van der Waals surface area contributed by atoms with E-state index in [2.05, 4.69) is 0 Å². The molecular formula is C18H22O2. The van der Waals surface area contributed by atoms with Gasteiger partial charge in [0, 0.05) is 14.6 Å². The predicted molar refractivity (Wildman–Crippen MR) is 78.1 cm³/mol. The molecule has 0 aromatic carbocycles. The van der Waals surface area contributed by atoms with Crippen molar-refractivity contribution in [3.8, 4) is 0 Å². The third-order valence-electron chi connectivity index (χ3n) is 5.68. The lowest BCUT2D eigenvalue weighted by Gasteiger charge is -2.44. The molecule has 1 fully saturated rings. The van der Waals surface area contributed by atoms with Gasteiger partial charge in [-0.3, -0.25) is 4.79 Å². The van der Waals surface area contributed by atoms with Gasteiger partial charge < -0.3 is 5.11 Å². The molecule has 4 aliphatic carbocycles. The van der Waals surface area contributed by atoms with Crippen LogP contribution in [0.15, 0.2) is 34.9 Å². The van der Waals surface area contributed by atoms with Gasteiger partial charge in [-0.2, -0.15) is 0 Å². The van der Waals surface area contributed by atoms with Crippen molar-refractivity contribution in [1.29, 1.82) is 0 Å². The number of hydrogen-bond donors (Lipinski definition) is 1. The summed E-state index contributed by atoms with van der Waals surface area (Å²) in [7, 11) is 0. The standard InChI is InChI=1S/C18H22O2/c1-18-9-8-14-13-5-3-12(19)10-11(13)2-4-15(14)16(18)6-7-17(18)20/h8-10,15-17,20H,2-7H2,1H3/t15-,16+,17-,18+/m1/s1/i7D2,17D. The van der Waals surface area contributed by atoms with Gasteiger partial charge in [-0.1, -0.05) is 19.1 Å². The van der Waals surface area contributed by atoms with Gasteiger partial charge >= 0.3 is 0 Å². The van der Waals surface area contributed by atoms with Gasteiger partial charge in [0.05, 0.1) is 7.45 Å². The van der Waals surface area contributed by atoms with Crippen LogP contribution in [0.25, 0.3) is 0 Å². The molecular weight excluding hydrogens is 248 g/mol. The predicted octanol–water partition coefficient (Wildman–Crippen LogP) is 3.33. The Labute approximate surface area is 124 Å². The highest BCUT2D eigenvalue weighted by atomic mass is 16.3. The fourth-order valence-electron chi connectivity index (χ4n) is 4.46. The first kappa shape index (κ1) is 9.73. The zero-order valence-corrected chi connectivity index (χ0v) is 11.8. The van der Waals surface area contributed by atoms with E-state index in [0.717, 1.165) is 24.8 Å². The third-order valence-corrected chi connectivity index (χ3v) is 5.68. The van der Waals surface area contributed by atoms with Gasteiger partial charge in [-0.25, -0.2) is 0 Å². The number of ketones is 1. The Hall–Kier alpha value is -1.15. The third kappa shape index (κ3) is 1.57. The van der Waals surface area contributed by atoms with Crippen molar-refractivity contribution in [3.05, 3.63) is 34.9 Å². The Kier molecular flexibility index (Phi) is 2.03. The van der Waals surface area contributed by atoms with Crippen LogP contribution in [0.5, 0.6) is 0 Å². The van der Waals surface area contributed by atoms with Crippen LogP contribution in [-0.4, -0.2) is 17.0 Å². The summed E-state index contributed by atoms with van der Waals surface area (Å²) >= 11 is 0. The van der Waals surface area contributed by atoms with Gasteiger partial charge in [-0.05, 0) is 66.7 Å². The summed E-state index contributed by atoms with van der Waals surface area (Å²) in [4.78, 5) is 11.7. The zero-order chi connectivity index (χ0) is 16.6. The molecule has 0 unspecified atom stereocenters.